The van der Waals surface area contributed by atoms with Crippen LogP contribution in [0.4, 0.5) is 0 Å². The largest absolute Gasteiger partial charge is 0.492 e. The van der Waals surface area contributed by atoms with Gasteiger partial charge in [0.15, 0.2) is 17.4 Å². The molecule has 0 radical (unpaired) electrons. The zero-order chi connectivity index (χ0) is 17.5. The highest BCUT2D eigenvalue weighted by molar-refractivity contribution is 5.90. The van der Waals surface area contributed by atoms with Crippen molar-refractivity contribution >= 4 is 11.0 Å². The van der Waals surface area contributed by atoms with E-state index in [0.29, 0.717) is 29.2 Å². The lowest BCUT2D eigenvalue weighted by Crippen LogP contribution is -2.19. The Morgan fingerprint density at radius 3 is 2.69 bits per heavy atom. The van der Waals surface area contributed by atoms with Gasteiger partial charge in [-0.2, -0.15) is 0 Å². The topological polar surface area (TPSA) is 66.0 Å². The molecule has 0 aliphatic heterocycles. The lowest BCUT2D eigenvalue weighted by atomic mass is 9.93. The van der Waals surface area contributed by atoms with Gasteiger partial charge in [-0.25, -0.2) is 9.67 Å². The minimum atomic E-state index is 0.341. The van der Waals surface area contributed by atoms with E-state index in [0.717, 1.165) is 29.5 Å². The predicted molar refractivity (Wildman–Crippen MR) is 97.9 cm³/mol. The molecule has 3 aromatic heterocycles. The number of rotatable bonds is 4. The number of nitrogens with zero attached hydrogens (tertiary/aromatic N) is 4. The number of ether oxygens (including phenoxy) is 1. The molecule has 6 heteroatoms. The summed E-state index contributed by atoms with van der Waals surface area (Å²) in [5.74, 6) is 2.62. The monoisotopic (exact) mass is 346 g/mol. The van der Waals surface area contributed by atoms with Gasteiger partial charge in [-0.3, -0.25) is 4.98 Å². The van der Waals surface area contributed by atoms with E-state index in [9.17, 15) is 0 Å². The Kier molecular flexibility index (Phi) is 3.48. The number of aromatic nitrogens is 4. The van der Waals surface area contributed by atoms with Gasteiger partial charge in [-0.05, 0) is 43.5 Å². The second-order valence-electron chi connectivity index (χ2n) is 6.46. The summed E-state index contributed by atoms with van der Waals surface area (Å²) in [6, 6.07) is 13.9. The minimum absolute atomic E-state index is 0.341. The Balaban J connectivity index is 1.72. The summed E-state index contributed by atoms with van der Waals surface area (Å²) in [5, 5.41) is 5.69. The first-order valence-electron chi connectivity index (χ1n) is 8.79. The SMILES string of the molecule is COc1c(-c2nc(-c3ccccn3)nn2C2CCC2)oc2ccccc12. The predicted octanol–water partition coefficient (Wildman–Crippen LogP) is 4.49. The van der Waals surface area contributed by atoms with Crippen LogP contribution >= 0.6 is 0 Å². The molecule has 6 nitrogen and oxygen atoms in total. The van der Waals surface area contributed by atoms with Crippen LogP contribution in [0, 0.1) is 0 Å². The molecule has 26 heavy (non-hydrogen) atoms. The molecule has 1 aliphatic rings. The number of para-hydroxylation sites is 1. The Bertz CT molecular complexity index is 1060. The van der Waals surface area contributed by atoms with Gasteiger partial charge < -0.3 is 9.15 Å². The van der Waals surface area contributed by atoms with Crippen molar-refractivity contribution < 1.29 is 9.15 Å². The van der Waals surface area contributed by atoms with Crippen LogP contribution in [0.3, 0.4) is 0 Å². The maximum Gasteiger partial charge on any atom is 0.214 e. The number of fused-ring (bicyclic) bond motifs is 1. The lowest BCUT2D eigenvalue weighted by Gasteiger charge is -2.26. The van der Waals surface area contributed by atoms with E-state index >= 15 is 0 Å². The molecule has 0 spiro atoms. The van der Waals surface area contributed by atoms with Crippen LogP contribution in [-0.4, -0.2) is 26.9 Å². The molecule has 4 aromatic rings. The summed E-state index contributed by atoms with van der Waals surface area (Å²) in [7, 11) is 1.66. The van der Waals surface area contributed by atoms with Crippen LogP contribution < -0.4 is 4.74 Å². The quantitative estimate of drug-likeness (QED) is 0.545. The summed E-state index contributed by atoms with van der Waals surface area (Å²) < 4.78 is 13.8. The molecule has 1 fully saturated rings. The van der Waals surface area contributed by atoms with E-state index in [-0.39, 0.29) is 0 Å². The summed E-state index contributed by atoms with van der Waals surface area (Å²) in [5.41, 5.74) is 1.53. The number of hydrogen-bond acceptors (Lipinski definition) is 5. The molecule has 0 N–H and O–H groups in total. The maximum absolute atomic E-state index is 6.12. The number of pyridine rings is 1. The van der Waals surface area contributed by atoms with E-state index in [1.165, 1.54) is 6.42 Å². The molecule has 0 unspecified atom stereocenters. The van der Waals surface area contributed by atoms with Gasteiger partial charge in [0.25, 0.3) is 0 Å². The first-order chi connectivity index (χ1) is 12.8. The van der Waals surface area contributed by atoms with Crippen LogP contribution in [0.15, 0.2) is 53.1 Å². The highest BCUT2D eigenvalue weighted by atomic mass is 16.5. The van der Waals surface area contributed by atoms with Crippen LogP contribution in [0.25, 0.3) is 34.1 Å². The zero-order valence-corrected chi connectivity index (χ0v) is 14.4. The highest BCUT2D eigenvalue weighted by Crippen LogP contribution is 2.42. The first-order valence-corrected chi connectivity index (χ1v) is 8.79. The fourth-order valence-corrected chi connectivity index (χ4v) is 3.34. The normalized spacial score (nSPS) is 14.5. The van der Waals surface area contributed by atoms with Gasteiger partial charge in [0.2, 0.25) is 5.76 Å². The van der Waals surface area contributed by atoms with Crippen molar-refractivity contribution in [3.63, 3.8) is 0 Å². The van der Waals surface area contributed by atoms with Crippen molar-refractivity contribution in [2.24, 2.45) is 0 Å². The Morgan fingerprint density at radius 1 is 1.12 bits per heavy atom. The molecule has 130 valence electrons. The maximum atomic E-state index is 6.12. The van der Waals surface area contributed by atoms with Crippen molar-refractivity contribution in [1.82, 2.24) is 19.7 Å². The van der Waals surface area contributed by atoms with Crippen molar-refractivity contribution in [3.8, 4) is 28.9 Å². The van der Waals surface area contributed by atoms with E-state index in [4.69, 9.17) is 19.2 Å². The number of furan rings is 1. The smallest absolute Gasteiger partial charge is 0.214 e. The van der Waals surface area contributed by atoms with Crippen LogP contribution in [-0.2, 0) is 0 Å². The summed E-state index contributed by atoms with van der Waals surface area (Å²) in [6.45, 7) is 0. The van der Waals surface area contributed by atoms with Crippen LogP contribution in [0.5, 0.6) is 5.75 Å². The Hall–Kier alpha value is -3.15. The van der Waals surface area contributed by atoms with Crippen molar-refractivity contribution in [2.45, 2.75) is 25.3 Å². The lowest BCUT2D eigenvalue weighted by molar-refractivity contribution is 0.290. The van der Waals surface area contributed by atoms with Crippen molar-refractivity contribution in [1.29, 1.82) is 0 Å². The van der Waals surface area contributed by atoms with Gasteiger partial charge in [0.05, 0.1) is 18.5 Å². The molecule has 1 saturated carbocycles. The first kappa shape index (κ1) is 15.1. The second kappa shape index (κ2) is 5.98. The molecule has 0 bridgehead atoms. The van der Waals surface area contributed by atoms with E-state index < -0.39 is 0 Å². The Morgan fingerprint density at radius 2 is 1.96 bits per heavy atom. The number of benzene rings is 1. The molecule has 0 saturated heterocycles. The average molecular weight is 346 g/mol. The van der Waals surface area contributed by atoms with E-state index in [1.807, 2.05) is 47.1 Å². The fraction of sp³-hybridized carbons (Fsp3) is 0.250. The second-order valence-corrected chi connectivity index (χ2v) is 6.46. The molecule has 0 atom stereocenters. The average Bonchev–Trinajstić information content (AvgIpc) is 3.22. The molecule has 3 heterocycles. The fourth-order valence-electron chi connectivity index (χ4n) is 3.34. The molecule has 5 rings (SSSR count). The van der Waals surface area contributed by atoms with E-state index in [2.05, 4.69) is 4.98 Å². The standard InChI is InChI=1S/C20H18N4O2/c1-25-17-14-9-2-3-11-16(14)26-18(17)20-22-19(15-10-4-5-12-21-15)23-24(20)13-7-6-8-13/h2-5,9-13H,6-8H2,1H3. The van der Waals surface area contributed by atoms with Crippen LogP contribution in [0.1, 0.15) is 25.3 Å². The van der Waals surface area contributed by atoms with Crippen molar-refractivity contribution in [2.75, 3.05) is 7.11 Å². The number of hydrogen-bond donors (Lipinski definition) is 0. The third-order valence-electron chi connectivity index (χ3n) is 4.90. The van der Waals surface area contributed by atoms with Gasteiger partial charge in [0, 0.05) is 6.20 Å². The third kappa shape index (κ3) is 2.29. The summed E-state index contributed by atoms with van der Waals surface area (Å²) >= 11 is 0. The summed E-state index contributed by atoms with van der Waals surface area (Å²) in [6.07, 6.45) is 5.15. The molecule has 1 aliphatic carbocycles. The van der Waals surface area contributed by atoms with E-state index in [1.54, 1.807) is 13.3 Å². The van der Waals surface area contributed by atoms with Gasteiger partial charge in [0.1, 0.15) is 11.3 Å². The molecular weight excluding hydrogens is 328 g/mol. The van der Waals surface area contributed by atoms with Gasteiger partial charge in [-0.15, -0.1) is 5.10 Å². The molecule has 1 aromatic carbocycles. The van der Waals surface area contributed by atoms with Gasteiger partial charge in [-0.1, -0.05) is 18.2 Å². The summed E-state index contributed by atoms with van der Waals surface area (Å²) in [4.78, 5) is 9.16. The highest BCUT2D eigenvalue weighted by Gasteiger charge is 2.29. The number of methoxy groups -OCH3 is 1. The minimum Gasteiger partial charge on any atom is -0.492 e. The Labute approximate surface area is 150 Å². The zero-order valence-electron chi connectivity index (χ0n) is 14.4. The molecular formula is C20H18N4O2. The van der Waals surface area contributed by atoms with Crippen LogP contribution in [0.2, 0.25) is 0 Å². The third-order valence-corrected chi connectivity index (χ3v) is 4.90. The van der Waals surface area contributed by atoms with Gasteiger partial charge >= 0.3 is 0 Å². The van der Waals surface area contributed by atoms with Crippen molar-refractivity contribution in [3.05, 3.63) is 48.7 Å². The molecule has 0 amide bonds.